The summed E-state index contributed by atoms with van der Waals surface area (Å²) in [6.07, 6.45) is 2.44. The highest BCUT2D eigenvalue weighted by Gasteiger charge is 2.29. The molecule has 0 bridgehead atoms. The number of guanidine groups is 1. The molecule has 6 heteroatoms. The maximum atomic E-state index is 6.16. The summed E-state index contributed by atoms with van der Waals surface area (Å²) < 4.78 is 11.6. The Morgan fingerprint density at radius 2 is 1.86 bits per heavy atom. The van der Waals surface area contributed by atoms with Crippen molar-refractivity contribution in [1.82, 2.24) is 15.5 Å². The zero-order valence-electron chi connectivity index (χ0n) is 18.5. The molecule has 2 aliphatic rings. The molecule has 2 N–H and O–H groups in total. The van der Waals surface area contributed by atoms with Gasteiger partial charge in [-0.3, -0.25) is 9.89 Å². The predicted molar refractivity (Wildman–Crippen MR) is 118 cm³/mol. The van der Waals surface area contributed by atoms with E-state index < -0.39 is 0 Å². The minimum atomic E-state index is 0.0553. The van der Waals surface area contributed by atoms with Crippen LogP contribution in [0, 0.1) is 12.8 Å². The largest absolute Gasteiger partial charge is 0.379 e. The van der Waals surface area contributed by atoms with Crippen molar-refractivity contribution in [1.29, 1.82) is 0 Å². The molecular formula is C23H38N4O2. The lowest BCUT2D eigenvalue weighted by molar-refractivity contribution is -0.0266. The highest BCUT2D eigenvalue weighted by molar-refractivity contribution is 5.79. The van der Waals surface area contributed by atoms with Crippen molar-refractivity contribution in [2.75, 3.05) is 53.0 Å². The summed E-state index contributed by atoms with van der Waals surface area (Å²) in [7, 11) is 1.84. The Morgan fingerprint density at radius 3 is 2.55 bits per heavy atom. The first-order valence-corrected chi connectivity index (χ1v) is 10.9. The summed E-state index contributed by atoms with van der Waals surface area (Å²) in [6.45, 7) is 12.8. The second kappa shape index (κ2) is 10.4. The van der Waals surface area contributed by atoms with Crippen LogP contribution >= 0.6 is 0 Å². The number of rotatable bonds is 6. The molecule has 29 heavy (non-hydrogen) atoms. The van der Waals surface area contributed by atoms with Gasteiger partial charge in [-0.25, -0.2) is 0 Å². The molecule has 0 spiro atoms. The number of morpholine rings is 1. The van der Waals surface area contributed by atoms with Crippen LogP contribution in [0.2, 0.25) is 0 Å². The third-order valence-electron chi connectivity index (χ3n) is 6.16. The van der Waals surface area contributed by atoms with Gasteiger partial charge in [0.2, 0.25) is 0 Å². The van der Waals surface area contributed by atoms with E-state index in [1.54, 1.807) is 0 Å². The van der Waals surface area contributed by atoms with E-state index in [-0.39, 0.29) is 11.6 Å². The Kier molecular flexibility index (Phi) is 7.92. The van der Waals surface area contributed by atoms with Crippen LogP contribution in [0.4, 0.5) is 0 Å². The van der Waals surface area contributed by atoms with Gasteiger partial charge >= 0.3 is 0 Å². The molecule has 0 aliphatic carbocycles. The van der Waals surface area contributed by atoms with Crippen molar-refractivity contribution in [3.63, 3.8) is 0 Å². The van der Waals surface area contributed by atoms with Gasteiger partial charge in [0.05, 0.1) is 19.3 Å². The molecule has 2 saturated heterocycles. The zero-order chi connectivity index (χ0) is 20.7. The maximum Gasteiger partial charge on any atom is 0.191 e. The third kappa shape index (κ3) is 6.17. The summed E-state index contributed by atoms with van der Waals surface area (Å²) in [4.78, 5) is 6.93. The Bertz CT molecular complexity index is 653. The van der Waals surface area contributed by atoms with Gasteiger partial charge in [0.1, 0.15) is 0 Å². The topological polar surface area (TPSA) is 58.1 Å². The second-order valence-corrected chi connectivity index (χ2v) is 8.82. The molecule has 1 aromatic rings. The van der Waals surface area contributed by atoms with Gasteiger partial charge in [-0.1, -0.05) is 29.8 Å². The van der Waals surface area contributed by atoms with Crippen molar-refractivity contribution in [3.05, 3.63) is 35.4 Å². The summed E-state index contributed by atoms with van der Waals surface area (Å²) in [5, 5.41) is 7.07. The molecule has 0 radical (unpaired) electrons. The average molecular weight is 403 g/mol. The van der Waals surface area contributed by atoms with Gasteiger partial charge in [0.15, 0.2) is 5.96 Å². The van der Waals surface area contributed by atoms with Gasteiger partial charge in [-0.05, 0) is 39.2 Å². The molecule has 2 aliphatic heterocycles. The van der Waals surface area contributed by atoms with Gasteiger partial charge in [0, 0.05) is 51.3 Å². The minimum absolute atomic E-state index is 0.0553. The highest BCUT2D eigenvalue weighted by Crippen LogP contribution is 2.33. The first kappa shape index (κ1) is 22.1. The SMILES string of the molecule is CN=C(NCC1CCCOC1c1ccc(C)cc1)NCC(C)(C)N1CCOCC1. The monoisotopic (exact) mass is 402 g/mol. The number of nitrogens with zero attached hydrogens (tertiary/aromatic N) is 2. The van der Waals surface area contributed by atoms with Crippen LogP contribution in [0.1, 0.15) is 43.9 Å². The Labute approximate surface area is 176 Å². The van der Waals surface area contributed by atoms with Crippen LogP contribution < -0.4 is 10.6 Å². The number of hydrogen-bond donors (Lipinski definition) is 2. The van der Waals surface area contributed by atoms with Crippen LogP contribution in [0.25, 0.3) is 0 Å². The molecule has 162 valence electrons. The average Bonchev–Trinajstić information content (AvgIpc) is 2.75. The molecule has 0 amide bonds. The van der Waals surface area contributed by atoms with E-state index in [1.165, 1.54) is 17.5 Å². The Balaban J connectivity index is 1.52. The number of benzene rings is 1. The fraction of sp³-hybridized carbons (Fsp3) is 0.696. The molecule has 6 nitrogen and oxygen atoms in total. The lowest BCUT2D eigenvalue weighted by atomic mass is 9.89. The number of nitrogens with one attached hydrogen (secondary N) is 2. The fourth-order valence-electron chi connectivity index (χ4n) is 4.21. The van der Waals surface area contributed by atoms with Gasteiger partial charge in [-0.15, -0.1) is 0 Å². The third-order valence-corrected chi connectivity index (χ3v) is 6.16. The molecule has 0 aromatic heterocycles. The minimum Gasteiger partial charge on any atom is -0.379 e. The smallest absolute Gasteiger partial charge is 0.191 e. The van der Waals surface area contributed by atoms with Crippen LogP contribution in [-0.2, 0) is 9.47 Å². The second-order valence-electron chi connectivity index (χ2n) is 8.82. The van der Waals surface area contributed by atoms with Crippen molar-refractivity contribution in [3.8, 4) is 0 Å². The van der Waals surface area contributed by atoms with Gasteiger partial charge in [-0.2, -0.15) is 0 Å². The van der Waals surface area contributed by atoms with Crippen molar-refractivity contribution >= 4 is 5.96 Å². The van der Waals surface area contributed by atoms with E-state index in [4.69, 9.17) is 9.47 Å². The normalized spacial score (nSPS) is 24.3. The van der Waals surface area contributed by atoms with Gasteiger partial charge < -0.3 is 20.1 Å². The fourth-order valence-corrected chi connectivity index (χ4v) is 4.21. The van der Waals surface area contributed by atoms with E-state index >= 15 is 0 Å². The van der Waals surface area contributed by atoms with Crippen LogP contribution in [0.15, 0.2) is 29.3 Å². The molecule has 1 aromatic carbocycles. The predicted octanol–water partition coefficient (Wildman–Crippen LogP) is 2.74. The highest BCUT2D eigenvalue weighted by atomic mass is 16.5. The molecule has 2 atom stereocenters. The molecule has 3 rings (SSSR count). The van der Waals surface area contributed by atoms with E-state index in [2.05, 4.69) is 65.6 Å². The zero-order valence-corrected chi connectivity index (χ0v) is 18.5. The van der Waals surface area contributed by atoms with E-state index in [0.29, 0.717) is 5.92 Å². The number of aliphatic imine (C=N–C) groups is 1. The number of ether oxygens (including phenoxy) is 2. The molecule has 2 unspecified atom stereocenters. The van der Waals surface area contributed by atoms with Crippen LogP contribution in [0.5, 0.6) is 0 Å². The van der Waals surface area contributed by atoms with E-state index in [1.807, 2.05) is 7.05 Å². The maximum absolute atomic E-state index is 6.16. The Morgan fingerprint density at radius 1 is 1.14 bits per heavy atom. The summed E-state index contributed by atoms with van der Waals surface area (Å²) in [6, 6.07) is 8.75. The summed E-state index contributed by atoms with van der Waals surface area (Å²) in [5.74, 6) is 1.30. The lowest BCUT2D eigenvalue weighted by Crippen LogP contribution is -2.56. The van der Waals surface area contributed by atoms with E-state index in [0.717, 1.165) is 58.4 Å². The first-order valence-electron chi connectivity index (χ1n) is 10.9. The van der Waals surface area contributed by atoms with Crippen LogP contribution in [-0.4, -0.2) is 69.4 Å². The Hall–Kier alpha value is -1.63. The van der Waals surface area contributed by atoms with Crippen molar-refractivity contribution in [2.24, 2.45) is 10.9 Å². The molecule has 2 fully saturated rings. The first-order chi connectivity index (χ1) is 14.0. The lowest BCUT2D eigenvalue weighted by Gasteiger charge is -2.41. The van der Waals surface area contributed by atoms with Crippen molar-refractivity contribution in [2.45, 2.75) is 45.3 Å². The summed E-state index contributed by atoms with van der Waals surface area (Å²) >= 11 is 0. The molecular weight excluding hydrogens is 364 g/mol. The molecule has 2 heterocycles. The van der Waals surface area contributed by atoms with Gasteiger partial charge in [0.25, 0.3) is 0 Å². The molecule has 0 saturated carbocycles. The van der Waals surface area contributed by atoms with Crippen molar-refractivity contribution < 1.29 is 9.47 Å². The summed E-state index contributed by atoms with van der Waals surface area (Å²) in [5.41, 5.74) is 2.62. The van der Waals surface area contributed by atoms with E-state index in [9.17, 15) is 0 Å². The number of hydrogen-bond acceptors (Lipinski definition) is 4. The number of aryl methyl sites for hydroxylation is 1. The standard InChI is InChI=1S/C23H38N4O2/c1-18-7-9-19(10-8-18)21-20(6-5-13-29-21)16-25-22(24-4)26-17-23(2,3)27-11-14-28-15-12-27/h7-10,20-21H,5-6,11-17H2,1-4H3,(H2,24,25,26). The quantitative estimate of drug-likeness (QED) is 0.566. The van der Waals surface area contributed by atoms with Crippen LogP contribution in [0.3, 0.4) is 0 Å².